The van der Waals surface area contributed by atoms with Crippen LogP contribution in [0.2, 0.25) is 0 Å². The van der Waals surface area contributed by atoms with E-state index in [4.69, 9.17) is 19.9 Å². The van der Waals surface area contributed by atoms with Gasteiger partial charge in [-0.05, 0) is 11.6 Å². The van der Waals surface area contributed by atoms with Gasteiger partial charge in [-0.2, -0.15) is 0 Å². The fourth-order valence-corrected chi connectivity index (χ4v) is 1.16. The topological polar surface area (TPSA) is 66.6 Å². The summed E-state index contributed by atoms with van der Waals surface area (Å²) < 4.78 is 15.4. The van der Waals surface area contributed by atoms with Gasteiger partial charge in [-0.25, -0.2) is 4.98 Å². The van der Waals surface area contributed by atoms with Crippen LogP contribution >= 0.6 is 0 Å². The predicted molar refractivity (Wildman–Crippen MR) is 64.6 cm³/mol. The number of pyridine rings is 1. The molecule has 0 aromatic carbocycles. The van der Waals surface area contributed by atoms with Gasteiger partial charge < -0.3 is 19.9 Å². The Morgan fingerprint density at radius 1 is 1.41 bits per heavy atom. The third kappa shape index (κ3) is 6.01. The van der Waals surface area contributed by atoms with Gasteiger partial charge in [-0.1, -0.05) is 12.2 Å². The lowest BCUT2D eigenvalue weighted by atomic mass is 10.3. The zero-order chi connectivity index (χ0) is 12.3. The largest absolute Gasteiger partial charge is 0.473 e. The van der Waals surface area contributed by atoms with Crippen molar-refractivity contribution in [1.29, 1.82) is 0 Å². The van der Waals surface area contributed by atoms with Crippen molar-refractivity contribution in [2.45, 2.75) is 6.61 Å². The first-order chi connectivity index (χ1) is 8.36. The Morgan fingerprint density at radius 3 is 3.06 bits per heavy atom. The van der Waals surface area contributed by atoms with Crippen LogP contribution in [-0.2, 0) is 16.1 Å². The number of nitrogens with two attached hydrogens (primary N) is 1. The molecule has 5 heteroatoms. The minimum Gasteiger partial charge on any atom is -0.473 e. The maximum absolute atomic E-state index is 5.41. The number of hydrogen-bond acceptors (Lipinski definition) is 5. The van der Waals surface area contributed by atoms with Crippen molar-refractivity contribution >= 4 is 0 Å². The van der Waals surface area contributed by atoms with Gasteiger partial charge in [0.1, 0.15) is 13.4 Å². The van der Waals surface area contributed by atoms with Crippen LogP contribution in [0.4, 0.5) is 0 Å². The highest BCUT2D eigenvalue weighted by Gasteiger charge is 1.97. The van der Waals surface area contributed by atoms with E-state index in [2.05, 4.69) is 4.98 Å². The highest BCUT2D eigenvalue weighted by molar-refractivity contribution is 5.19. The second kappa shape index (κ2) is 8.69. The fourth-order valence-electron chi connectivity index (χ4n) is 1.16. The van der Waals surface area contributed by atoms with Crippen molar-refractivity contribution in [3.63, 3.8) is 0 Å². The summed E-state index contributed by atoms with van der Waals surface area (Å²) in [5.41, 5.74) is 6.31. The van der Waals surface area contributed by atoms with Crippen molar-refractivity contribution in [3.05, 3.63) is 36.0 Å². The van der Waals surface area contributed by atoms with Crippen LogP contribution in [-0.4, -0.2) is 32.0 Å². The lowest BCUT2D eigenvalue weighted by Crippen LogP contribution is -2.00. The highest BCUT2D eigenvalue weighted by Crippen LogP contribution is 2.10. The summed E-state index contributed by atoms with van der Waals surface area (Å²) in [6.45, 7) is 1.73. The molecule has 0 aliphatic rings. The first kappa shape index (κ1) is 13.6. The molecule has 0 saturated heterocycles. The summed E-state index contributed by atoms with van der Waals surface area (Å²) in [6, 6.07) is 3.71. The quantitative estimate of drug-likeness (QED) is 0.417. The summed E-state index contributed by atoms with van der Waals surface area (Å²) in [5, 5.41) is 0. The second-order valence-electron chi connectivity index (χ2n) is 3.28. The molecule has 1 rings (SSSR count). The Kier molecular flexibility index (Phi) is 6.97. The smallest absolute Gasteiger partial charge is 0.213 e. The zero-order valence-electron chi connectivity index (χ0n) is 9.96. The molecule has 0 spiro atoms. The molecule has 0 aliphatic carbocycles. The van der Waals surface area contributed by atoms with E-state index in [0.29, 0.717) is 25.6 Å². The van der Waals surface area contributed by atoms with Gasteiger partial charge in [-0.15, -0.1) is 0 Å². The Balaban J connectivity index is 2.39. The molecule has 0 saturated carbocycles. The van der Waals surface area contributed by atoms with Gasteiger partial charge >= 0.3 is 0 Å². The number of ether oxygens (including phenoxy) is 3. The van der Waals surface area contributed by atoms with Gasteiger partial charge in [-0.3, -0.25) is 0 Å². The van der Waals surface area contributed by atoms with Crippen LogP contribution in [0.15, 0.2) is 30.5 Å². The molecule has 0 radical (unpaired) electrons. The molecule has 5 nitrogen and oxygen atoms in total. The normalized spacial score (nSPS) is 10.9. The molecule has 0 aliphatic heterocycles. The first-order valence-electron chi connectivity index (χ1n) is 5.36. The molecular weight excluding hydrogens is 220 g/mol. The molecule has 0 unspecified atom stereocenters. The molecule has 17 heavy (non-hydrogen) atoms. The predicted octanol–water partition coefficient (Wildman–Crippen LogP) is 1.10. The van der Waals surface area contributed by atoms with Crippen LogP contribution in [0.5, 0.6) is 5.88 Å². The molecule has 1 aromatic rings. The molecular formula is C12H18N2O3. The second-order valence-corrected chi connectivity index (χ2v) is 3.28. The number of rotatable bonds is 8. The summed E-state index contributed by atoms with van der Waals surface area (Å²) in [5.74, 6) is 0.574. The van der Waals surface area contributed by atoms with Crippen molar-refractivity contribution in [1.82, 2.24) is 4.98 Å². The maximum Gasteiger partial charge on any atom is 0.213 e. The molecule has 0 atom stereocenters. The van der Waals surface area contributed by atoms with Crippen LogP contribution < -0.4 is 10.5 Å². The Morgan fingerprint density at radius 2 is 2.29 bits per heavy atom. The van der Waals surface area contributed by atoms with E-state index in [1.165, 1.54) is 0 Å². The van der Waals surface area contributed by atoms with Crippen LogP contribution in [0.1, 0.15) is 5.56 Å². The van der Waals surface area contributed by atoms with E-state index in [9.17, 15) is 0 Å². The first-order valence-corrected chi connectivity index (χ1v) is 5.36. The van der Waals surface area contributed by atoms with E-state index >= 15 is 0 Å². The van der Waals surface area contributed by atoms with Gasteiger partial charge in [0.2, 0.25) is 5.88 Å². The Bertz CT molecular complexity index is 342. The van der Waals surface area contributed by atoms with Crippen molar-refractivity contribution in [3.8, 4) is 5.88 Å². The average molecular weight is 238 g/mol. The lowest BCUT2D eigenvalue weighted by molar-refractivity contribution is -0.0391. The number of hydrogen-bond donors (Lipinski definition) is 1. The van der Waals surface area contributed by atoms with Crippen LogP contribution in [0, 0.1) is 0 Å². The zero-order valence-corrected chi connectivity index (χ0v) is 9.96. The number of nitrogens with zero attached hydrogens (tertiary/aromatic N) is 1. The number of aromatic nitrogens is 1. The molecule has 2 N–H and O–H groups in total. The standard InChI is InChI=1S/C12H18N2O3/c1-15-10-16-9-11-4-6-14-12(8-11)17-7-3-2-5-13/h2-4,6,8H,5,7,9-10,13H2,1H3/b3-2+. The molecule has 0 amide bonds. The minimum absolute atomic E-state index is 0.276. The van der Waals surface area contributed by atoms with Crippen molar-refractivity contribution < 1.29 is 14.2 Å². The minimum atomic E-state index is 0.276. The average Bonchev–Trinajstić information content (AvgIpc) is 2.36. The molecule has 1 aromatic heterocycles. The van der Waals surface area contributed by atoms with Crippen molar-refractivity contribution in [2.75, 3.05) is 27.1 Å². The van der Waals surface area contributed by atoms with E-state index in [-0.39, 0.29) is 6.79 Å². The number of methoxy groups -OCH3 is 1. The summed E-state index contributed by atoms with van der Waals surface area (Å²) in [6.07, 6.45) is 5.38. The monoisotopic (exact) mass is 238 g/mol. The highest BCUT2D eigenvalue weighted by atomic mass is 16.7. The Labute approximate surface area is 101 Å². The summed E-state index contributed by atoms with van der Waals surface area (Å²) >= 11 is 0. The van der Waals surface area contributed by atoms with Gasteiger partial charge in [0, 0.05) is 25.9 Å². The van der Waals surface area contributed by atoms with E-state index in [0.717, 1.165) is 5.56 Å². The maximum atomic E-state index is 5.41. The third-order valence-corrected chi connectivity index (χ3v) is 1.90. The molecule has 94 valence electrons. The van der Waals surface area contributed by atoms with Gasteiger partial charge in [0.15, 0.2) is 0 Å². The van der Waals surface area contributed by atoms with Crippen molar-refractivity contribution in [2.24, 2.45) is 5.73 Å². The summed E-state index contributed by atoms with van der Waals surface area (Å²) in [7, 11) is 1.59. The van der Waals surface area contributed by atoms with Gasteiger partial charge in [0.05, 0.1) is 6.61 Å². The molecule has 1 heterocycles. The molecule has 0 bridgehead atoms. The SMILES string of the molecule is COCOCc1ccnc(OC/C=C/CN)c1. The fraction of sp³-hybridized carbons (Fsp3) is 0.417. The van der Waals surface area contributed by atoms with E-state index in [1.54, 1.807) is 13.3 Å². The van der Waals surface area contributed by atoms with Crippen LogP contribution in [0.25, 0.3) is 0 Å². The Hall–Kier alpha value is -1.43. The third-order valence-electron chi connectivity index (χ3n) is 1.90. The van der Waals surface area contributed by atoms with Gasteiger partial charge in [0.25, 0.3) is 0 Å². The van der Waals surface area contributed by atoms with Crippen LogP contribution in [0.3, 0.4) is 0 Å². The lowest BCUT2D eigenvalue weighted by Gasteiger charge is -2.05. The summed E-state index contributed by atoms with van der Waals surface area (Å²) in [4.78, 5) is 4.09. The van der Waals surface area contributed by atoms with E-state index < -0.39 is 0 Å². The molecule has 0 fully saturated rings. The van der Waals surface area contributed by atoms with E-state index in [1.807, 2.05) is 24.3 Å².